The third-order valence-electron chi connectivity index (χ3n) is 4.92. The number of aryl methyl sites for hydroxylation is 1. The SMILES string of the molecule is CCc1nsc(N2CCN(C(=NC)NCc3ccc(NC(=O)NC(C)C)cc3)CC2)n1. The van der Waals surface area contributed by atoms with E-state index in [1.165, 1.54) is 11.5 Å². The molecule has 0 aliphatic carbocycles. The van der Waals surface area contributed by atoms with Crippen LogP contribution in [0.25, 0.3) is 0 Å². The lowest BCUT2D eigenvalue weighted by Crippen LogP contribution is -2.52. The average Bonchev–Trinajstić information content (AvgIpc) is 3.24. The van der Waals surface area contributed by atoms with E-state index in [-0.39, 0.29) is 12.1 Å². The lowest BCUT2D eigenvalue weighted by atomic mass is 10.2. The van der Waals surface area contributed by atoms with E-state index in [0.29, 0.717) is 6.54 Å². The van der Waals surface area contributed by atoms with Gasteiger partial charge in [0.05, 0.1) is 0 Å². The summed E-state index contributed by atoms with van der Waals surface area (Å²) in [7, 11) is 1.81. The van der Waals surface area contributed by atoms with Crippen LogP contribution in [0.3, 0.4) is 0 Å². The van der Waals surface area contributed by atoms with Gasteiger partial charge >= 0.3 is 6.03 Å². The molecular weight excluding hydrogens is 412 g/mol. The van der Waals surface area contributed by atoms with E-state index in [4.69, 9.17) is 0 Å². The van der Waals surface area contributed by atoms with Gasteiger partial charge in [0.1, 0.15) is 5.82 Å². The van der Waals surface area contributed by atoms with Crippen LogP contribution in [0.15, 0.2) is 29.3 Å². The highest BCUT2D eigenvalue weighted by Crippen LogP contribution is 2.19. The van der Waals surface area contributed by atoms with Gasteiger partial charge in [-0.2, -0.15) is 4.37 Å². The number of aromatic nitrogens is 2. The van der Waals surface area contributed by atoms with Crippen molar-refractivity contribution in [1.29, 1.82) is 0 Å². The third kappa shape index (κ3) is 6.55. The Labute approximate surface area is 188 Å². The quantitative estimate of drug-likeness (QED) is 0.468. The van der Waals surface area contributed by atoms with Crippen LogP contribution < -0.4 is 20.9 Å². The van der Waals surface area contributed by atoms with Crippen LogP contribution in [-0.4, -0.2) is 65.5 Å². The molecule has 2 heterocycles. The molecule has 1 aromatic carbocycles. The van der Waals surface area contributed by atoms with Gasteiger partial charge in [-0.25, -0.2) is 9.78 Å². The van der Waals surface area contributed by atoms with E-state index >= 15 is 0 Å². The number of anilines is 2. The van der Waals surface area contributed by atoms with Crippen LogP contribution in [0.2, 0.25) is 0 Å². The molecular formula is C21H32N8OS. The Kier molecular flexibility index (Phi) is 8.05. The Morgan fingerprint density at radius 2 is 1.90 bits per heavy atom. The monoisotopic (exact) mass is 444 g/mol. The minimum atomic E-state index is -0.195. The maximum absolute atomic E-state index is 11.8. The molecule has 9 nitrogen and oxygen atoms in total. The van der Waals surface area contributed by atoms with E-state index in [1.807, 2.05) is 45.2 Å². The molecule has 1 aliphatic heterocycles. The third-order valence-corrected chi connectivity index (χ3v) is 5.73. The van der Waals surface area contributed by atoms with Gasteiger partial charge in [-0.3, -0.25) is 4.99 Å². The van der Waals surface area contributed by atoms with Gasteiger partial charge in [0.25, 0.3) is 0 Å². The highest BCUT2D eigenvalue weighted by Gasteiger charge is 2.22. The van der Waals surface area contributed by atoms with Crippen LogP contribution in [0, 0.1) is 0 Å². The molecule has 31 heavy (non-hydrogen) atoms. The summed E-state index contributed by atoms with van der Waals surface area (Å²) in [5, 5.41) is 10.1. The van der Waals surface area contributed by atoms with Crippen molar-refractivity contribution in [2.24, 2.45) is 4.99 Å². The van der Waals surface area contributed by atoms with Crippen LogP contribution >= 0.6 is 11.5 Å². The Morgan fingerprint density at radius 1 is 1.19 bits per heavy atom. The predicted molar refractivity (Wildman–Crippen MR) is 127 cm³/mol. The van der Waals surface area contributed by atoms with Crippen molar-refractivity contribution in [3.05, 3.63) is 35.7 Å². The molecule has 0 radical (unpaired) electrons. The van der Waals surface area contributed by atoms with Crippen LogP contribution in [-0.2, 0) is 13.0 Å². The Balaban J connectivity index is 1.47. The molecule has 2 aromatic rings. The smallest absolute Gasteiger partial charge is 0.319 e. The minimum absolute atomic E-state index is 0.101. The molecule has 0 spiro atoms. The highest BCUT2D eigenvalue weighted by atomic mass is 32.1. The second kappa shape index (κ2) is 10.9. The number of rotatable bonds is 6. The normalized spacial score (nSPS) is 14.7. The number of guanidine groups is 1. The van der Waals surface area contributed by atoms with E-state index in [2.05, 4.69) is 47.0 Å². The molecule has 3 N–H and O–H groups in total. The van der Waals surface area contributed by atoms with Crippen LogP contribution in [0.1, 0.15) is 32.2 Å². The van der Waals surface area contributed by atoms with Gasteiger partial charge in [0.2, 0.25) is 5.13 Å². The fraction of sp³-hybridized carbons (Fsp3) is 0.524. The molecule has 0 saturated carbocycles. The first-order valence-corrected chi connectivity index (χ1v) is 11.5. The predicted octanol–water partition coefficient (Wildman–Crippen LogP) is 2.53. The van der Waals surface area contributed by atoms with E-state index in [0.717, 1.165) is 60.8 Å². The van der Waals surface area contributed by atoms with Gasteiger partial charge in [-0.1, -0.05) is 19.1 Å². The summed E-state index contributed by atoms with van der Waals surface area (Å²) in [6.07, 6.45) is 0.870. The zero-order valence-electron chi connectivity index (χ0n) is 18.7. The zero-order chi connectivity index (χ0) is 22.2. The number of hydrogen-bond acceptors (Lipinski definition) is 6. The molecule has 0 bridgehead atoms. The Bertz CT molecular complexity index is 872. The summed E-state index contributed by atoms with van der Waals surface area (Å²) in [4.78, 5) is 25.4. The molecule has 0 atom stereocenters. The number of urea groups is 1. The summed E-state index contributed by atoms with van der Waals surface area (Å²) in [6.45, 7) is 10.2. The maximum Gasteiger partial charge on any atom is 0.319 e. The molecule has 168 valence electrons. The minimum Gasteiger partial charge on any atom is -0.352 e. The summed E-state index contributed by atoms with van der Waals surface area (Å²) in [6, 6.07) is 7.73. The first-order valence-electron chi connectivity index (χ1n) is 10.7. The van der Waals surface area contributed by atoms with Gasteiger partial charge < -0.3 is 25.8 Å². The first kappa shape index (κ1) is 22.8. The fourth-order valence-corrected chi connectivity index (χ4v) is 4.08. The second-order valence-corrected chi connectivity index (χ2v) is 8.40. The molecule has 10 heteroatoms. The standard InChI is InChI=1S/C21H32N8OS/c1-5-18-26-21(31-27-18)29-12-10-28(11-13-29)19(22-4)23-14-16-6-8-17(9-7-16)25-20(30)24-15(2)3/h6-9,15H,5,10-14H2,1-4H3,(H,22,23)(H2,24,25,30). The summed E-state index contributed by atoms with van der Waals surface area (Å²) in [5.41, 5.74) is 1.89. The number of hydrogen-bond donors (Lipinski definition) is 3. The number of nitrogens with zero attached hydrogens (tertiary/aromatic N) is 5. The van der Waals surface area contributed by atoms with Gasteiger partial charge in [0, 0.05) is 69.5 Å². The van der Waals surface area contributed by atoms with Crippen molar-refractivity contribution in [3.63, 3.8) is 0 Å². The highest BCUT2D eigenvalue weighted by molar-refractivity contribution is 7.09. The van der Waals surface area contributed by atoms with Gasteiger partial charge in [-0.15, -0.1) is 0 Å². The number of nitrogens with one attached hydrogen (secondary N) is 3. The molecule has 0 unspecified atom stereocenters. The molecule has 3 rings (SSSR count). The molecule has 2 amide bonds. The summed E-state index contributed by atoms with van der Waals surface area (Å²) in [5.74, 6) is 1.81. The second-order valence-electron chi connectivity index (χ2n) is 7.67. The lowest BCUT2D eigenvalue weighted by Gasteiger charge is -2.36. The van der Waals surface area contributed by atoms with Crippen LogP contribution in [0.4, 0.5) is 15.6 Å². The maximum atomic E-state index is 11.8. The summed E-state index contributed by atoms with van der Waals surface area (Å²) < 4.78 is 4.39. The van der Waals surface area contributed by atoms with Crippen LogP contribution in [0.5, 0.6) is 0 Å². The van der Waals surface area contributed by atoms with Crippen molar-refractivity contribution in [2.45, 2.75) is 39.8 Å². The van der Waals surface area contributed by atoms with Crippen molar-refractivity contribution in [3.8, 4) is 0 Å². The number of carbonyl (C=O) groups is 1. The van der Waals surface area contributed by atoms with Crippen molar-refractivity contribution in [2.75, 3.05) is 43.4 Å². The first-order chi connectivity index (χ1) is 15.0. The number of piperazine rings is 1. The zero-order valence-corrected chi connectivity index (χ0v) is 19.5. The number of benzene rings is 1. The number of aliphatic imine (C=N–C) groups is 1. The van der Waals surface area contributed by atoms with E-state index in [1.54, 1.807) is 0 Å². The van der Waals surface area contributed by atoms with Crippen molar-refractivity contribution in [1.82, 2.24) is 24.9 Å². The van der Waals surface area contributed by atoms with E-state index in [9.17, 15) is 4.79 Å². The average molecular weight is 445 g/mol. The molecule has 1 fully saturated rings. The van der Waals surface area contributed by atoms with Crippen molar-refractivity contribution < 1.29 is 4.79 Å². The van der Waals surface area contributed by atoms with Gasteiger partial charge in [0.15, 0.2) is 5.96 Å². The Morgan fingerprint density at radius 3 is 2.48 bits per heavy atom. The van der Waals surface area contributed by atoms with E-state index < -0.39 is 0 Å². The largest absolute Gasteiger partial charge is 0.352 e. The molecule has 1 saturated heterocycles. The molecule has 1 aromatic heterocycles. The number of carbonyl (C=O) groups excluding carboxylic acids is 1. The Hall–Kier alpha value is -2.88. The lowest BCUT2D eigenvalue weighted by molar-refractivity contribution is 0.250. The summed E-state index contributed by atoms with van der Waals surface area (Å²) >= 11 is 1.48. The van der Waals surface area contributed by atoms with Crippen molar-refractivity contribution >= 4 is 34.3 Å². The number of amides is 2. The fourth-order valence-electron chi connectivity index (χ4n) is 3.28. The topological polar surface area (TPSA) is 97.8 Å². The van der Waals surface area contributed by atoms with Gasteiger partial charge in [-0.05, 0) is 31.5 Å². The molecule has 1 aliphatic rings.